The van der Waals surface area contributed by atoms with Crippen LogP contribution in [0.15, 0.2) is 96.6 Å². The number of hydrogen-bond acceptors (Lipinski definition) is 1. The number of rotatable bonds is 3. The summed E-state index contributed by atoms with van der Waals surface area (Å²) in [6, 6.07) is 21.4. The maximum atomic E-state index is 3.43. The lowest BCUT2D eigenvalue weighted by Crippen LogP contribution is -2.18. The molecule has 1 aliphatic rings. The summed E-state index contributed by atoms with van der Waals surface area (Å²) in [6.45, 7) is 0. The summed E-state index contributed by atoms with van der Waals surface area (Å²) in [7, 11) is -0.539. The Balaban J connectivity index is 2.07. The third kappa shape index (κ3) is 2.89. The molecule has 20 heavy (non-hydrogen) atoms. The van der Waals surface area contributed by atoms with Gasteiger partial charge in [-0.2, -0.15) is 0 Å². The first-order valence-corrected chi connectivity index (χ1v) is 7.99. The molecule has 0 amide bonds. The van der Waals surface area contributed by atoms with Crippen LogP contribution in [0, 0.1) is 0 Å². The molecule has 0 saturated heterocycles. The number of hydrogen-bond donors (Lipinski definition) is 1. The number of benzene rings is 2. The van der Waals surface area contributed by atoms with Gasteiger partial charge in [0.1, 0.15) is 0 Å². The third-order valence-electron chi connectivity index (χ3n) is 3.07. The van der Waals surface area contributed by atoms with Crippen LogP contribution in [0.1, 0.15) is 0 Å². The highest BCUT2D eigenvalue weighted by molar-refractivity contribution is 7.76. The third-order valence-corrected chi connectivity index (χ3v) is 5.46. The molecule has 0 fully saturated rings. The molecule has 1 nitrogen and oxygen atoms in total. The normalized spacial score (nSPS) is 13.8. The predicted octanol–water partition coefficient (Wildman–Crippen LogP) is 3.63. The minimum atomic E-state index is -0.539. The Labute approximate surface area is 121 Å². The molecule has 0 radical (unpaired) electrons. The van der Waals surface area contributed by atoms with E-state index >= 15 is 0 Å². The maximum absolute atomic E-state index is 3.43. The number of allylic oxidation sites excluding steroid dienone is 4. The molecule has 0 bridgehead atoms. The quantitative estimate of drug-likeness (QED) is 0.845. The van der Waals surface area contributed by atoms with Crippen molar-refractivity contribution < 1.29 is 0 Å². The van der Waals surface area contributed by atoms with E-state index in [9.17, 15) is 0 Å². The van der Waals surface area contributed by atoms with Crippen LogP contribution in [-0.2, 0) is 0 Å². The van der Waals surface area contributed by atoms with E-state index < -0.39 is 7.92 Å². The van der Waals surface area contributed by atoms with Gasteiger partial charge in [0.05, 0.1) is 0 Å². The van der Waals surface area contributed by atoms with Crippen LogP contribution >= 0.6 is 7.92 Å². The van der Waals surface area contributed by atoms with E-state index in [1.807, 2.05) is 18.4 Å². The Bertz CT molecular complexity index is 602. The van der Waals surface area contributed by atoms with Gasteiger partial charge < -0.3 is 5.32 Å². The Hall–Kier alpha value is -2.11. The monoisotopic (exact) mass is 277 g/mol. The topological polar surface area (TPSA) is 12.0 Å². The Morgan fingerprint density at radius 3 is 1.85 bits per heavy atom. The van der Waals surface area contributed by atoms with E-state index in [2.05, 4.69) is 78.1 Å². The second-order valence-electron chi connectivity index (χ2n) is 4.45. The predicted molar refractivity (Wildman–Crippen MR) is 88.6 cm³/mol. The van der Waals surface area contributed by atoms with Gasteiger partial charge in [0.2, 0.25) is 0 Å². The summed E-state index contributed by atoms with van der Waals surface area (Å²) < 4.78 is 0. The van der Waals surface area contributed by atoms with Gasteiger partial charge in [-0.05, 0) is 22.8 Å². The molecule has 3 rings (SSSR count). The highest BCUT2D eigenvalue weighted by Crippen LogP contribution is 2.41. The van der Waals surface area contributed by atoms with E-state index in [4.69, 9.17) is 0 Å². The van der Waals surface area contributed by atoms with Crippen molar-refractivity contribution >= 4 is 18.5 Å². The lowest BCUT2D eigenvalue weighted by atomic mass is 10.4. The SMILES string of the molecule is C1=CC=C(P(c2ccccc2)c2ccccc2)NC=C1. The molecule has 0 atom stereocenters. The van der Waals surface area contributed by atoms with Crippen molar-refractivity contribution in [3.63, 3.8) is 0 Å². The van der Waals surface area contributed by atoms with Crippen LogP contribution in [-0.4, -0.2) is 0 Å². The van der Waals surface area contributed by atoms with Gasteiger partial charge in [-0.15, -0.1) is 0 Å². The second kappa shape index (κ2) is 6.36. The average Bonchev–Trinajstić information content (AvgIpc) is 2.79. The molecule has 1 heterocycles. The molecule has 2 heteroatoms. The first kappa shape index (κ1) is 12.9. The highest BCUT2D eigenvalue weighted by Gasteiger charge is 2.17. The summed E-state index contributed by atoms with van der Waals surface area (Å²) in [5.74, 6) is 0. The summed E-state index contributed by atoms with van der Waals surface area (Å²) in [5, 5.41) is 6.14. The molecule has 0 saturated carbocycles. The zero-order valence-corrected chi connectivity index (χ0v) is 12.0. The van der Waals surface area contributed by atoms with Crippen LogP contribution in [0.3, 0.4) is 0 Å². The van der Waals surface area contributed by atoms with Crippen LogP contribution < -0.4 is 15.9 Å². The van der Waals surface area contributed by atoms with Crippen LogP contribution in [0.2, 0.25) is 0 Å². The average molecular weight is 277 g/mol. The molecule has 0 spiro atoms. The van der Waals surface area contributed by atoms with Crippen molar-refractivity contribution in [1.82, 2.24) is 5.32 Å². The van der Waals surface area contributed by atoms with Gasteiger partial charge in [0.15, 0.2) is 0 Å². The smallest absolute Gasteiger partial charge is 0.0474 e. The van der Waals surface area contributed by atoms with E-state index in [0.717, 1.165) is 0 Å². The van der Waals surface area contributed by atoms with Crippen molar-refractivity contribution in [3.8, 4) is 0 Å². The van der Waals surface area contributed by atoms with Crippen LogP contribution in [0.25, 0.3) is 0 Å². The van der Waals surface area contributed by atoms with E-state index in [1.54, 1.807) is 0 Å². The molecular weight excluding hydrogens is 261 g/mol. The zero-order valence-electron chi connectivity index (χ0n) is 11.1. The Kier molecular flexibility index (Phi) is 4.10. The molecule has 2 aromatic rings. The minimum absolute atomic E-state index is 0.539. The van der Waals surface area contributed by atoms with Crippen molar-refractivity contribution in [2.75, 3.05) is 0 Å². The highest BCUT2D eigenvalue weighted by atomic mass is 31.1. The largest absolute Gasteiger partial charge is 0.361 e. The van der Waals surface area contributed by atoms with Crippen molar-refractivity contribution in [2.24, 2.45) is 0 Å². The fourth-order valence-electron chi connectivity index (χ4n) is 2.17. The summed E-state index contributed by atoms with van der Waals surface area (Å²) in [4.78, 5) is 0. The summed E-state index contributed by atoms with van der Waals surface area (Å²) >= 11 is 0. The van der Waals surface area contributed by atoms with Gasteiger partial charge in [-0.25, -0.2) is 0 Å². The molecule has 0 aliphatic carbocycles. The maximum Gasteiger partial charge on any atom is 0.0474 e. The van der Waals surface area contributed by atoms with Gasteiger partial charge in [0.25, 0.3) is 0 Å². The number of nitrogens with one attached hydrogen (secondary N) is 1. The minimum Gasteiger partial charge on any atom is -0.361 e. The second-order valence-corrected chi connectivity index (χ2v) is 6.63. The van der Waals surface area contributed by atoms with Gasteiger partial charge >= 0.3 is 0 Å². The Morgan fingerprint density at radius 2 is 1.25 bits per heavy atom. The Morgan fingerprint density at radius 1 is 0.650 bits per heavy atom. The van der Waals surface area contributed by atoms with Gasteiger partial charge in [0, 0.05) is 19.6 Å². The molecule has 98 valence electrons. The standard InChI is InChI=1S/C18H16NP/c1-4-10-16(11-5-1)20(17-12-6-2-7-13-17)18-14-8-3-9-15-19-18/h1-15,19H. The fourth-order valence-corrected chi connectivity index (χ4v) is 4.40. The first-order chi connectivity index (χ1) is 9.95. The van der Waals surface area contributed by atoms with E-state index in [0.29, 0.717) is 0 Å². The molecule has 1 aliphatic heterocycles. The van der Waals surface area contributed by atoms with Gasteiger partial charge in [-0.3, -0.25) is 0 Å². The lowest BCUT2D eigenvalue weighted by Gasteiger charge is -2.21. The zero-order chi connectivity index (χ0) is 13.6. The van der Waals surface area contributed by atoms with E-state index in [-0.39, 0.29) is 0 Å². The molecular formula is C18H16NP. The van der Waals surface area contributed by atoms with Crippen molar-refractivity contribution in [3.05, 3.63) is 96.6 Å². The molecule has 0 unspecified atom stereocenters. The molecule has 2 aromatic carbocycles. The van der Waals surface area contributed by atoms with Crippen LogP contribution in [0.4, 0.5) is 0 Å². The molecule has 0 aromatic heterocycles. The van der Waals surface area contributed by atoms with Gasteiger partial charge in [-0.1, -0.05) is 72.8 Å². The fraction of sp³-hybridized carbons (Fsp3) is 0. The first-order valence-electron chi connectivity index (χ1n) is 6.65. The lowest BCUT2D eigenvalue weighted by molar-refractivity contribution is 1.17. The van der Waals surface area contributed by atoms with Crippen LogP contribution in [0.5, 0.6) is 0 Å². The van der Waals surface area contributed by atoms with Crippen molar-refractivity contribution in [1.29, 1.82) is 0 Å². The molecule has 1 N–H and O–H groups in total. The van der Waals surface area contributed by atoms with Crippen molar-refractivity contribution in [2.45, 2.75) is 0 Å². The van der Waals surface area contributed by atoms with E-state index in [1.165, 1.54) is 16.0 Å². The summed E-state index contributed by atoms with van der Waals surface area (Å²) in [6.07, 6.45) is 10.3. The summed E-state index contributed by atoms with van der Waals surface area (Å²) in [5.41, 5.74) is 1.25.